The third kappa shape index (κ3) is 2.48. The maximum atomic E-state index is 12.4. The van der Waals surface area contributed by atoms with Crippen LogP contribution >= 0.6 is 0 Å². The SMILES string of the molecule is O=C(CN1CCNCC1)NC12CC3CC(CC(C3)C1)C2. The third-order valence-electron chi connectivity index (χ3n) is 6.02. The van der Waals surface area contributed by atoms with Crippen LogP contribution in [-0.4, -0.2) is 49.1 Å². The minimum Gasteiger partial charge on any atom is -0.350 e. The molecule has 0 radical (unpaired) electrons. The van der Waals surface area contributed by atoms with Gasteiger partial charge in [0.2, 0.25) is 5.91 Å². The number of hydrogen-bond donors (Lipinski definition) is 2. The zero-order valence-corrected chi connectivity index (χ0v) is 12.4. The highest BCUT2D eigenvalue weighted by atomic mass is 16.2. The second-order valence-corrected chi connectivity index (χ2v) is 7.77. The van der Waals surface area contributed by atoms with Gasteiger partial charge < -0.3 is 10.6 Å². The minimum atomic E-state index is 0.180. The van der Waals surface area contributed by atoms with E-state index >= 15 is 0 Å². The first-order valence-corrected chi connectivity index (χ1v) is 8.45. The van der Waals surface area contributed by atoms with Crippen molar-refractivity contribution in [2.45, 2.75) is 44.1 Å². The van der Waals surface area contributed by atoms with Gasteiger partial charge in [-0.05, 0) is 56.3 Å². The number of carbonyl (C=O) groups excluding carboxylic acids is 1. The topological polar surface area (TPSA) is 44.4 Å². The van der Waals surface area contributed by atoms with Crippen LogP contribution in [0.3, 0.4) is 0 Å². The van der Waals surface area contributed by atoms with Crippen molar-refractivity contribution in [1.29, 1.82) is 0 Å². The fourth-order valence-corrected chi connectivity index (χ4v) is 5.67. The second-order valence-electron chi connectivity index (χ2n) is 7.77. The number of piperazine rings is 1. The van der Waals surface area contributed by atoms with Crippen LogP contribution in [0.1, 0.15) is 38.5 Å². The smallest absolute Gasteiger partial charge is 0.234 e. The molecule has 1 aliphatic heterocycles. The van der Waals surface area contributed by atoms with E-state index in [4.69, 9.17) is 0 Å². The van der Waals surface area contributed by atoms with Crippen LogP contribution in [0.15, 0.2) is 0 Å². The van der Waals surface area contributed by atoms with E-state index in [1.54, 1.807) is 0 Å². The van der Waals surface area contributed by atoms with Gasteiger partial charge >= 0.3 is 0 Å². The number of nitrogens with zero attached hydrogens (tertiary/aromatic N) is 1. The molecule has 0 spiro atoms. The van der Waals surface area contributed by atoms with Gasteiger partial charge in [0.25, 0.3) is 0 Å². The molecule has 1 amide bonds. The molecule has 4 bridgehead atoms. The number of carbonyl (C=O) groups is 1. The summed E-state index contributed by atoms with van der Waals surface area (Å²) >= 11 is 0. The second kappa shape index (κ2) is 4.99. The van der Waals surface area contributed by atoms with Crippen molar-refractivity contribution in [3.8, 4) is 0 Å². The molecule has 5 aliphatic rings. The lowest BCUT2D eigenvalue weighted by Crippen LogP contribution is -2.61. The van der Waals surface area contributed by atoms with Gasteiger partial charge in [0.15, 0.2) is 0 Å². The Morgan fingerprint density at radius 2 is 1.60 bits per heavy atom. The Bertz CT molecular complexity index is 354. The van der Waals surface area contributed by atoms with Crippen molar-refractivity contribution >= 4 is 5.91 Å². The van der Waals surface area contributed by atoms with Gasteiger partial charge in [-0.15, -0.1) is 0 Å². The van der Waals surface area contributed by atoms with E-state index < -0.39 is 0 Å². The number of rotatable bonds is 3. The Balaban J connectivity index is 1.37. The summed E-state index contributed by atoms with van der Waals surface area (Å²) in [5.74, 6) is 2.98. The highest BCUT2D eigenvalue weighted by Crippen LogP contribution is 2.55. The molecule has 4 saturated carbocycles. The quantitative estimate of drug-likeness (QED) is 0.808. The molecule has 4 heteroatoms. The molecule has 2 N–H and O–H groups in total. The first kappa shape index (κ1) is 13.1. The summed E-state index contributed by atoms with van der Waals surface area (Å²) < 4.78 is 0. The molecular weight excluding hydrogens is 250 g/mol. The van der Waals surface area contributed by atoms with E-state index in [-0.39, 0.29) is 11.4 Å². The maximum Gasteiger partial charge on any atom is 0.234 e. The van der Waals surface area contributed by atoms with E-state index in [2.05, 4.69) is 15.5 Å². The predicted octanol–water partition coefficient (Wildman–Crippen LogP) is 0.977. The molecule has 112 valence electrons. The Morgan fingerprint density at radius 3 is 2.15 bits per heavy atom. The van der Waals surface area contributed by atoms with Gasteiger partial charge in [-0.25, -0.2) is 0 Å². The first-order valence-electron chi connectivity index (χ1n) is 8.45. The van der Waals surface area contributed by atoms with E-state index in [1.165, 1.54) is 38.5 Å². The molecular formula is C16H27N3O. The summed E-state index contributed by atoms with van der Waals surface area (Å²) in [7, 11) is 0. The fourth-order valence-electron chi connectivity index (χ4n) is 5.67. The molecule has 0 aromatic carbocycles. The van der Waals surface area contributed by atoms with Crippen LogP contribution in [0, 0.1) is 17.8 Å². The monoisotopic (exact) mass is 277 g/mol. The normalized spacial score (nSPS) is 43.7. The van der Waals surface area contributed by atoms with Gasteiger partial charge in [-0.3, -0.25) is 9.69 Å². The molecule has 0 aromatic heterocycles. The Kier molecular flexibility index (Phi) is 3.26. The fraction of sp³-hybridized carbons (Fsp3) is 0.938. The number of nitrogens with one attached hydrogen (secondary N) is 2. The van der Waals surface area contributed by atoms with Gasteiger partial charge in [-0.2, -0.15) is 0 Å². The van der Waals surface area contributed by atoms with Crippen LogP contribution in [0.25, 0.3) is 0 Å². The van der Waals surface area contributed by atoms with Crippen molar-refractivity contribution in [2.75, 3.05) is 32.7 Å². The zero-order chi connectivity index (χ0) is 13.6. The molecule has 5 rings (SSSR count). The Hall–Kier alpha value is -0.610. The lowest BCUT2D eigenvalue weighted by atomic mass is 9.53. The van der Waals surface area contributed by atoms with Gasteiger partial charge in [0, 0.05) is 31.7 Å². The highest BCUT2D eigenvalue weighted by molar-refractivity contribution is 5.79. The molecule has 4 nitrogen and oxygen atoms in total. The highest BCUT2D eigenvalue weighted by Gasteiger charge is 2.51. The summed E-state index contributed by atoms with van der Waals surface area (Å²) in [5, 5.41) is 6.81. The van der Waals surface area contributed by atoms with Crippen molar-refractivity contribution in [3.05, 3.63) is 0 Å². The van der Waals surface area contributed by atoms with Gasteiger partial charge in [0.1, 0.15) is 0 Å². The number of hydrogen-bond acceptors (Lipinski definition) is 3. The van der Waals surface area contributed by atoms with E-state index in [0.29, 0.717) is 6.54 Å². The molecule has 0 unspecified atom stereocenters. The molecule has 20 heavy (non-hydrogen) atoms. The van der Waals surface area contributed by atoms with Crippen LogP contribution in [0.2, 0.25) is 0 Å². The largest absolute Gasteiger partial charge is 0.350 e. The molecule has 0 atom stereocenters. The molecule has 5 fully saturated rings. The zero-order valence-electron chi connectivity index (χ0n) is 12.4. The van der Waals surface area contributed by atoms with Gasteiger partial charge in [0.05, 0.1) is 6.54 Å². The van der Waals surface area contributed by atoms with Crippen molar-refractivity contribution < 1.29 is 4.79 Å². The maximum absolute atomic E-state index is 12.4. The lowest BCUT2D eigenvalue weighted by Gasteiger charge is -2.57. The third-order valence-corrected chi connectivity index (χ3v) is 6.02. The lowest BCUT2D eigenvalue weighted by molar-refractivity contribution is -0.128. The average molecular weight is 277 g/mol. The van der Waals surface area contributed by atoms with Crippen LogP contribution in [0.5, 0.6) is 0 Å². The Labute approximate surface area is 121 Å². The summed E-state index contributed by atoms with van der Waals surface area (Å²) in [4.78, 5) is 14.7. The minimum absolute atomic E-state index is 0.180. The summed E-state index contributed by atoms with van der Waals surface area (Å²) in [6.45, 7) is 4.65. The average Bonchev–Trinajstić information content (AvgIpc) is 2.37. The predicted molar refractivity (Wildman–Crippen MR) is 78.4 cm³/mol. The molecule has 1 saturated heterocycles. The number of amides is 1. The standard InChI is InChI=1S/C16H27N3O/c20-15(11-19-3-1-17-2-4-19)18-16-8-12-5-13(9-16)7-14(6-12)10-16/h12-14,17H,1-11H2,(H,18,20). The molecule has 1 heterocycles. The van der Waals surface area contributed by atoms with Crippen molar-refractivity contribution in [2.24, 2.45) is 17.8 Å². The molecule has 4 aliphatic carbocycles. The van der Waals surface area contributed by atoms with E-state index in [9.17, 15) is 4.79 Å². The van der Waals surface area contributed by atoms with E-state index in [1.807, 2.05) is 0 Å². The first-order chi connectivity index (χ1) is 9.71. The molecule has 0 aromatic rings. The summed E-state index contributed by atoms with van der Waals surface area (Å²) in [6, 6.07) is 0. The van der Waals surface area contributed by atoms with E-state index in [0.717, 1.165) is 43.9 Å². The Morgan fingerprint density at radius 1 is 1.05 bits per heavy atom. The van der Waals surface area contributed by atoms with Crippen LogP contribution < -0.4 is 10.6 Å². The van der Waals surface area contributed by atoms with Crippen molar-refractivity contribution in [3.63, 3.8) is 0 Å². The van der Waals surface area contributed by atoms with Crippen molar-refractivity contribution in [1.82, 2.24) is 15.5 Å². The van der Waals surface area contributed by atoms with Crippen LogP contribution in [0.4, 0.5) is 0 Å². The van der Waals surface area contributed by atoms with Crippen LogP contribution in [-0.2, 0) is 4.79 Å². The van der Waals surface area contributed by atoms with Gasteiger partial charge in [-0.1, -0.05) is 0 Å². The summed E-state index contributed by atoms with van der Waals surface area (Å²) in [5.41, 5.74) is 0.180. The summed E-state index contributed by atoms with van der Waals surface area (Å²) in [6.07, 6.45) is 8.08.